The van der Waals surface area contributed by atoms with Gasteiger partial charge in [0.1, 0.15) is 0 Å². The number of nitrogens with zero attached hydrogens (tertiary/aromatic N) is 1. The summed E-state index contributed by atoms with van der Waals surface area (Å²) in [6.45, 7) is 3.00. The molecule has 1 aliphatic carbocycles. The number of thiazole rings is 1. The zero-order valence-electron chi connectivity index (χ0n) is 13.6. The van der Waals surface area contributed by atoms with E-state index < -0.39 is 0 Å². The molecule has 126 valence electrons. The Kier molecular flexibility index (Phi) is 4.02. The summed E-state index contributed by atoms with van der Waals surface area (Å²) in [6.07, 6.45) is 5.58. The van der Waals surface area contributed by atoms with Gasteiger partial charge in [-0.2, -0.15) is 0 Å². The summed E-state index contributed by atoms with van der Waals surface area (Å²) in [7, 11) is 0. The fraction of sp³-hybridized carbons (Fsp3) is 0.412. The van der Waals surface area contributed by atoms with Gasteiger partial charge >= 0.3 is 0 Å². The molecule has 3 aromatic rings. The van der Waals surface area contributed by atoms with Crippen LogP contribution in [0.5, 0.6) is 0 Å². The van der Waals surface area contributed by atoms with E-state index in [4.69, 9.17) is 0 Å². The highest BCUT2D eigenvalue weighted by Gasteiger charge is 2.27. The second-order valence-corrected chi connectivity index (χ2v) is 7.67. The molecule has 2 atom stereocenters. The molecular weight excluding hydrogens is 322 g/mol. The zero-order valence-corrected chi connectivity index (χ0v) is 14.4. The maximum Gasteiger partial charge on any atom is 0.271 e. The second kappa shape index (κ2) is 6.32. The first kappa shape index (κ1) is 15.3. The highest BCUT2D eigenvalue weighted by atomic mass is 32.1. The molecule has 4 N–H and O–H groups in total. The summed E-state index contributed by atoms with van der Waals surface area (Å²) in [6, 6.07) is 6.27. The first-order valence-corrected chi connectivity index (χ1v) is 9.14. The molecule has 4 rings (SSSR count). The number of anilines is 2. The third-order valence-corrected chi connectivity index (χ3v) is 5.58. The van der Waals surface area contributed by atoms with Gasteiger partial charge < -0.3 is 10.6 Å². The Balaban J connectivity index is 1.40. The number of fused-ring (bicyclic) bond motifs is 1. The van der Waals surface area contributed by atoms with E-state index >= 15 is 0 Å². The van der Waals surface area contributed by atoms with Gasteiger partial charge in [-0.05, 0) is 43.9 Å². The summed E-state index contributed by atoms with van der Waals surface area (Å²) in [5.74, 6) is 0.579. The summed E-state index contributed by atoms with van der Waals surface area (Å²) < 4.78 is 0. The minimum absolute atomic E-state index is 0.0738. The molecule has 0 aliphatic heterocycles. The van der Waals surface area contributed by atoms with Crippen molar-refractivity contribution in [3.05, 3.63) is 39.6 Å². The van der Waals surface area contributed by atoms with Crippen molar-refractivity contribution in [1.29, 1.82) is 0 Å². The Labute approximate surface area is 143 Å². The Morgan fingerprint density at radius 2 is 2.25 bits per heavy atom. The monoisotopic (exact) mass is 343 g/mol. The molecule has 0 bridgehead atoms. The Morgan fingerprint density at radius 1 is 1.33 bits per heavy atom. The highest BCUT2D eigenvalue weighted by Crippen LogP contribution is 2.30. The number of benzene rings is 1. The van der Waals surface area contributed by atoms with E-state index in [-0.39, 0.29) is 5.56 Å². The lowest BCUT2D eigenvalue weighted by Gasteiger charge is -2.21. The molecule has 0 radical (unpaired) electrons. The number of aryl methyl sites for hydroxylation is 1. The molecule has 0 saturated heterocycles. The van der Waals surface area contributed by atoms with Gasteiger partial charge in [0.2, 0.25) is 0 Å². The molecule has 2 heterocycles. The topological polar surface area (TPSA) is 85.6 Å². The van der Waals surface area contributed by atoms with Crippen LogP contribution in [0.2, 0.25) is 0 Å². The van der Waals surface area contributed by atoms with Gasteiger partial charge in [0.25, 0.3) is 5.56 Å². The van der Waals surface area contributed by atoms with Gasteiger partial charge in [-0.25, -0.2) is 4.98 Å². The van der Waals surface area contributed by atoms with Gasteiger partial charge in [-0.3, -0.25) is 15.0 Å². The molecule has 0 amide bonds. The predicted molar refractivity (Wildman–Crippen MR) is 99.0 cm³/mol. The third kappa shape index (κ3) is 3.03. The van der Waals surface area contributed by atoms with Crippen LogP contribution in [0, 0.1) is 12.8 Å². The van der Waals surface area contributed by atoms with Crippen LogP contribution in [-0.2, 0) is 0 Å². The Bertz CT molecular complexity index is 896. The number of hydrogen-bond acceptors (Lipinski definition) is 5. The van der Waals surface area contributed by atoms with Crippen molar-refractivity contribution in [2.45, 2.75) is 32.2 Å². The fourth-order valence-corrected chi connectivity index (χ4v) is 4.17. The summed E-state index contributed by atoms with van der Waals surface area (Å²) in [5, 5.41) is 14.3. The van der Waals surface area contributed by atoms with Gasteiger partial charge in [-0.1, -0.05) is 6.42 Å². The molecule has 24 heavy (non-hydrogen) atoms. The van der Waals surface area contributed by atoms with E-state index in [1.807, 2.05) is 24.4 Å². The van der Waals surface area contributed by atoms with Gasteiger partial charge in [0.15, 0.2) is 5.13 Å². The lowest BCUT2D eigenvalue weighted by molar-refractivity contribution is 0.531. The molecule has 1 aliphatic rings. The van der Waals surface area contributed by atoms with Crippen molar-refractivity contribution in [3.63, 3.8) is 0 Å². The van der Waals surface area contributed by atoms with E-state index in [0.717, 1.165) is 22.9 Å². The first-order valence-electron chi connectivity index (χ1n) is 8.32. The van der Waals surface area contributed by atoms with Crippen LogP contribution in [0.3, 0.4) is 0 Å². The maximum absolute atomic E-state index is 11.6. The van der Waals surface area contributed by atoms with Crippen molar-refractivity contribution in [2.24, 2.45) is 5.92 Å². The number of aromatic nitrogens is 3. The molecule has 1 saturated carbocycles. The molecule has 6 nitrogen and oxygen atoms in total. The minimum atomic E-state index is -0.0738. The molecule has 2 unspecified atom stereocenters. The van der Waals surface area contributed by atoms with Crippen LogP contribution in [0.25, 0.3) is 10.9 Å². The summed E-state index contributed by atoms with van der Waals surface area (Å²) in [5.41, 5.74) is 1.80. The molecule has 7 heteroatoms. The standard InChI is InChI=1S/C17H21N5OS/c1-10-8-19-17(24-10)20-14-4-2-3-11(14)9-18-12-5-6-13-15(7-12)21-22-16(13)23/h5-8,11,14,18H,2-4,9H2,1H3,(H,19,20)(H2,21,22,23). The smallest absolute Gasteiger partial charge is 0.271 e. The third-order valence-electron chi connectivity index (χ3n) is 4.73. The van der Waals surface area contributed by atoms with Gasteiger partial charge in [0.05, 0.1) is 10.9 Å². The van der Waals surface area contributed by atoms with Crippen molar-refractivity contribution in [3.8, 4) is 0 Å². The van der Waals surface area contributed by atoms with E-state index in [2.05, 4.69) is 32.7 Å². The highest BCUT2D eigenvalue weighted by molar-refractivity contribution is 7.15. The summed E-state index contributed by atoms with van der Waals surface area (Å²) >= 11 is 1.71. The van der Waals surface area contributed by atoms with Crippen LogP contribution in [-0.4, -0.2) is 27.8 Å². The predicted octanol–water partition coefficient (Wildman–Crippen LogP) is 3.31. The molecular formula is C17H21N5OS. The average Bonchev–Trinajstić information content (AvgIpc) is 3.28. The number of H-pyrrole nitrogens is 2. The van der Waals surface area contributed by atoms with Crippen LogP contribution >= 0.6 is 11.3 Å². The SMILES string of the molecule is Cc1cnc(NC2CCCC2CNc2ccc3c(=O)[nH][nH]c3c2)s1. The first-order chi connectivity index (χ1) is 11.7. The lowest BCUT2D eigenvalue weighted by Crippen LogP contribution is -2.29. The average molecular weight is 343 g/mol. The van der Waals surface area contributed by atoms with Gasteiger partial charge in [0, 0.05) is 29.3 Å². The van der Waals surface area contributed by atoms with Crippen molar-refractivity contribution < 1.29 is 0 Å². The molecule has 0 spiro atoms. The van der Waals surface area contributed by atoms with Crippen LogP contribution in [0.4, 0.5) is 10.8 Å². The normalized spacial score (nSPS) is 20.5. The van der Waals surface area contributed by atoms with Crippen molar-refractivity contribution in [2.75, 3.05) is 17.2 Å². The molecule has 1 aromatic carbocycles. The minimum Gasteiger partial charge on any atom is -0.385 e. The van der Waals surface area contributed by atoms with E-state index in [1.165, 1.54) is 24.1 Å². The van der Waals surface area contributed by atoms with Crippen molar-refractivity contribution in [1.82, 2.24) is 15.2 Å². The number of nitrogens with one attached hydrogen (secondary N) is 4. The quantitative estimate of drug-likeness (QED) is 0.572. The van der Waals surface area contributed by atoms with Crippen LogP contribution in [0.1, 0.15) is 24.1 Å². The fourth-order valence-electron chi connectivity index (χ4n) is 3.45. The van der Waals surface area contributed by atoms with Crippen LogP contribution in [0.15, 0.2) is 29.2 Å². The van der Waals surface area contributed by atoms with E-state index in [9.17, 15) is 4.79 Å². The Morgan fingerprint density at radius 3 is 3.08 bits per heavy atom. The second-order valence-electron chi connectivity index (χ2n) is 6.44. The largest absolute Gasteiger partial charge is 0.385 e. The number of aromatic amines is 2. The summed E-state index contributed by atoms with van der Waals surface area (Å²) in [4.78, 5) is 17.2. The molecule has 1 fully saturated rings. The van der Waals surface area contributed by atoms with Crippen LogP contribution < -0.4 is 16.2 Å². The van der Waals surface area contributed by atoms with E-state index in [0.29, 0.717) is 17.3 Å². The van der Waals surface area contributed by atoms with Gasteiger partial charge in [-0.15, -0.1) is 11.3 Å². The maximum atomic E-state index is 11.6. The Hall–Kier alpha value is -2.28. The number of hydrogen-bond donors (Lipinski definition) is 4. The zero-order chi connectivity index (χ0) is 16.5. The number of rotatable bonds is 5. The van der Waals surface area contributed by atoms with E-state index in [1.54, 1.807) is 11.3 Å². The molecule has 2 aromatic heterocycles. The lowest BCUT2D eigenvalue weighted by atomic mass is 10.0. The van der Waals surface area contributed by atoms with Crippen molar-refractivity contribution >= 4 is 33.1 Å².